The Morgan fingerprint density at radius 3 is 2.68 bits per heavy atom. The maximum atomic E-state index is 12.2. The van der Waals surface area contributed by atoms with Gasteiger partial charge in [0.05, 0.1) is 0 Å². The molecular weight excluding hydrogens is 236 g/mol. The lowest BCUT2D eigenvalue weighted by molar-refractivity contribution is -0.126. The molecule has 0 radical (unpaired) electrons. The van der Waals surface area contributed by atoms with Gasteiger partial charge in [-0.1, -0.05) is 46.5 Å². The summed E-state index contributed by atoms with van der Waals surface area (Å²) in [6.45, 7) is 8.17. The number of carbonyl (C=O) groups is 1. The minimum atomic E-state index is 0.163. The zero-order valence-electron chi connectivity index (χ0n) is 13.0. The largest absolute Gasteiger partial charge is 0.355 e. The molecule has 1 amide bonds. The summed E-state index contributed by atoms with van der Waals surface area (Å²) in [4.78, 5) is 12.2. The van der Waals surface area contributed by atoms with E-state index in [0.717, 1.165) is 25.8 Å². The van der Waals surface area contributed by atoms with Gasteiger partial charge in [-0.05, 0) is 37.1 Å². The van der Waals surface area contributed by atoms with Gasteiger partial charge >= 0.3 is 0 Å². The van der Waals surface area contributed by atoms with E-state index in [9.17, 15) is 4.79 Å². The number of hydrogen-bond acceptors (Lipinski definition) is 2. The van der Waals surface area contributed by atoms with Crippen LogP contribution in [0.4, 0.5) is 0 Å². The van der Waals surface area contributed by atoms with E-state index in [4.69, 9.17) is 5.73 Å². The fourth-order valence-corrected chi connectivity index (χ4v) is 3.06. The molecule has 112 valence electrons. The molecular formula is C16H32N2O. The van der Waals surface area contributed by atoms with Crippen molar-refractivity contribution in [2.45, 2.75) is 65.7 Å². The number of carbonyl (C=O) groups excluding carboxylic acids is 1. The van der Waals surface area contributed by atoms with Gasteiger partial charge in [-0.25, -0.2) is 0 Å². The SMILES string of the molecule is CCCCCC(C)(C)CNC(=O)C1CCCC1CN. The van der Waals surface area contributed by atoms with Crippen molar-refractivity contribution < 1.29 is 4.79 Å². The molecule has 0 aromatic rings. The molecule has 2 unspecified atom stereocenters. The molecule has 0 saturated heterocycles. The Bertz CT molecular complexity index is 276. The van der Waals surface area contributed by atoms with E-state index in [-0.39, 0.29) is 17.2 Å². The highest BCUT2D eigenvalue weighted by molar-refractivity contribution is 5.79. The summed E-state index contributed by atoms with van der Waals surface area (Å²) in [5, 5.41) is 3.16. The number of nitrogens with one attached hydrogen (secondary N) is 1. The van der Waals surface area contributed by atoms with E-state index in [2.05, 4.69) is 26.1 Å². The molecule has 0 aromatic carbocycles. The second-order valence-electron chi connectivity index (χ2n) is 6.87. The van der Waals surface area contributed by atoms with Crippen LogP contribution in [-0.4, -0.2) is 19.0 Å². The van der Waals surface area contributed by atoms with Crippen molar-refractivity contribution in [3.63, 3.8) is 0 Å². The van der Waals surface area contributed by atoms with Crippen LogP contribution in [0.25, 0.3) is 0 Å². The van der Waals surface area contributed by atoms with Crippen LogP contribution in [0.1, 0.15) is 65.7 Å². The van der Waals surface area contributed by atoms with Gasteiger partial charge in [0.25, 0.3) is 0 Å². The lowest BCUT2D eigenvalue weighted by Crippen LogP contribution is -2.40. The highest BCUT2D eigenvalue weighted by Crippen LogP contribution is 2.31. The second-order valence-corrected chi connectivity index (χ2v) is 6.87. The Hall–Kier alpha value is -0.570. The van der Waals surface area contributed by atoms with Crippen LogP contribution in [0.3, 0.4) is 0 Å². The zero-order valence-corrected chi connectivity index (χ0v) is 13.0. The Kier molecular flexibility index (Phi) is 6.84. The Balaban J connectivity index is 2.32. The average molecular weight is 268 g/mol. The van der Waals surface area contributed by atoms with Crippen molar-refractivity contribution >= 4 is 5.91 Å². The van der Waals surface area contributed by atoms with Crippen molar-refractivity contribution in [3.8, 4) is 0 Å². The third-order valence-corrected chi connectivity index (χ3v) is 4.50. The van der Waals surface area contributed by atoms with Gasteiger partial charge in [0, 0.05) is 12.5 Å². The number of nitrogens with two attached hydrogens (primary N) is 1. The summed E-state index contributed by atoms with van der Waals surface area (Å²) in [5.41, 5.74) is 5.95. The van der Waals surface area contributed by atoms with Crippen LogP contribution < -0.4 is 11.1 Å². The van der Waals surface area contributed by atoms with Crippen molar-refractivity contribution in [3.05, 3.63) is 0 Å². The summed E-state index contributed by atoms with van der Waals surface area (Å²) in [7, 11) is 0. The van der Waals surface area contributed by atoms with Crippen LogP contribution in [0.5, 0.6) is 0 Å². The standard InChI is InChI=1S/C16H32N2O/c1-4-5-6-10-16(2,3)12-18-15(19)14-9-7-8-13(14)11-17/h13-14H,4-12,17H2,1-3H3,(H,18,19). The molecule has 2 atom stereocenters. The smallest absolute Gasteiger partial charge is 0.223 e. The summed E-state index contributed by atoms with van der Waals surface area (Å²) in [6.07, 6.45) is 8.27. The molecule has 1 aliphatic carbocycles. The highest BCUT2D eigenvalue weighted by Gasteiger charge is 2.32. The van der Waals surface area contributed by atoms with Crippen LogP contribution in [0.2, 0.25) is 0 Å². The first-order valence-electron chi connectivity index (χ1n) is 7.98. The number of hydrogen-bond donors (Lipinski definition) is 2. The zero-order chi connectivity index (χ0) is 14.3. The fourth-order valence-electron chi connectivity index (χ4n) is 3.06. The molecule has 19 heavy (non-hydrogen) atoms. The van der Waals surface area contributed by atoms with E-state index in [1.807, 2.05) is 0 Å². The monoisotopic (exact) mass is 268 g/mol. The fraction of sp³-hybridized carbons (Fsp3) is 0.938. The maximum Gasteiger partial charge on any atom is 0.223 e. The molecule has 1 fully saturated rings. The number of rotatable bonds is 8. The maximum absolute atomic E-state index is 12.2. The van der Waals surface area contributed by atoms with Gasteiger partial charge in [0.15, 0.2) is 0 Å². The molecule has 0 spiro atoms. The first kappa shape index (κ1) is 16.5. The molecule has 3 nitrogen and oxygen atoms in total. The van der Waals surface area contributed by atoms with Gasteiger partial charge in [0.2, 0.25) is 5.91 Å². The van der Waals surface area contributed by atoms with E-state index >= 15 is 0 Å². The predicted molar refractivity (Wildman–Crippen MR) is 80.8 cm³/mol. The van der Waals surface area contributed by atoms with E-state index in [1.165, 1.54) is 25.7 Å². The lowest BCUT2D eigenvalue weighted by Gasteiger charge is -2.26. The summed E-state index contributed by atoms with van der Waals surface area (Å²) >= 11 is 0. The minimum absolute atomic E-state index is 0.163. The quantitative estimate of drug-likeness (QED) is 0.665. The highest BCUT2D eigenvalue weighted by atomic mass is 16.1. The molecule has 0 heterocycles. The number of unbranched alkanes of at least 4 members (excludes halogenated alkanes) is 2. The Morgan fingerprint density at radius 1 is 1.32 bits per heavy atom. The molecule has 3 N–H and O–H groups in total. The van der Waals surface area contributed by atoms with Gasteiger partial charge in [-0.3, -0.25) is 4.79 Å². The minimum Gasteiger partial charge on any atom is -0.355 e. The van der Waals surface area contributed by atoms with Crippen molar-refractivity contribution in [2.24, 2.45) is 23.0 Å². The lowest BCUT2D eigenvalue weighted by atomic mass is 9.86. The summed E-state index contributed by atoms with van der Waals surface area (Å²) in [6, 6.07) is 0. The third-order valence-electron chi connectivity index (χ3n) is 4.50. The Morgan fingerprint density at radius 2 is 2.05 bits per heavy atom. The summed E-state index contributed by atoms with van der Waals surface area (Å²) < 4.78 is 0. The van der Waals surface area contributed by atoms with Crippen molar-refractivity contribution in [1.29, 1.82) is 0 Å². The van der Waals surface area contributed by atoms with E-state index in [1.54, 1.807) is 0 Å². The van der Waals surface area contributed by atoms with E-state index < -0.39 is 0 Å². The topological polar surface area (TPSA) is 55.1 Å². The molecule has 0 aromatic heterocycles. The second kappa shape index (κ2) is 7.88. The Labute approximate surface area is 118 Å². The van der Waals surface area contributed by atoms with E-state index in [0.29, 0.717) is 12.5 Å². The van der Waals surface area contributed by atoms with Crippen LogP contribution in [-0.2, 0) is 4.79 Å². The van der Waals surface area contributed by atoms with Gasteiger partial charge in [-0.15, -0.1) is 0 Å². The molecule has 1 aliphatic rings. The normalized spacial score (nSPS) is 23.6. The van der Waals surface area contributed by atoms with Crippen LogP contribution in [0, 0.1) is 17.3 Å². The molecule has 1 saturated carbocycles. The first-order chi connectivity index (χ1) is 9.00. The molecule has 0 bridgehead atoms. The first-order valence-corrected chi connectivity index (χ1v) is 7.98. The third kappa shape index (κ3) is 5.52. The average Bonchev–Trinajstić information content (AvgIpc) is 2.84. The van der Waals surface area contributed by atoms with Gasteiger partial charge in [0.1, 0.15) is 0 Å². The van der Waals surface area contributed by atoms with Gasteiger partial charge < -0.3 is 11.1 Å². The summed E-state index contributed by atoms with van der Waals surface area (Å²) in [5.74, 6) is 0.802. The van der Waals surface area contributed by atoms with Crippen molar-refractivity contribution in [1.82, 2.24) is 5.32 Å². The van der Waals surface area contributed by atoms with Crippen LogP contribution in [0.15, 0.2) is 0 Å². The van der Waals surface area contributed by atoms with Crippen LogP contribution >= 0.6 is 0 Å². The predicted octanol–water partition coefficient (Wildman–Crippen LogP) is 3.08. The molecule has 1 rings (SSSR count). The van der Waals surface area contributed by atoms with Crippen molar-refractivity contribution in [2.75, 3.05) is 13.1 Å². The molecule has 0 aliphatic heterocycles. The number of amides is 1. The van der Waals surface area contributed by atoms with Gasteiger partial charge in [-0.2, -0.15) is 0 Å². The molecule has 3 heteroatoms.